The highest BCUT2D eigenvalue weighted by Crippen LogP contribution is 2.37. The quantitative estimate of drug-likeness (QED) is 0.264. The van der Waals surface area contributed by atoms with Crippen LogP contribution in [0.15, 0.2) is 53.4 Å². The second-order valence-corrected chi connectivity index (χ2v) is 9.90. The molecule has 38 heavy (non-hydrogen) atoms. The van der Waals surface area contributed by atoms with Crippen molar-refractivity contribution in [1.29, 1.82) is 0 Å². The normalized spacial score (nSPS) is 10.9. The van der Waals surface area contributed by atoms with Crippen LogP contribution in [0.5, 0.6) is 23.0 Å². The highest BCUT2D eigenvalue weighted by atomic mass is 35.5. The van der Waals surface area contributed by atoms with Crippen molar-refractivity contribution < 1.29 is 41.7 Å². The number of sulfonamides is 1. The molecule has 0 radical (unpaired) electrons. The van der Waals surface area contributed by atoms with Crippen LogP contribution in [0.25, 0.3) is 0 Å². The lowest BCUT2D eigenvalue weighted by atomic mass is 10.1. The molecule has 0 heterocycles. The van der Waals surface area contributed by atoms with Gasteiger partial charge in [-0.1, -0.05) is 17.7 Å². The molecule has 3 aromatic carbocycles. The lowest BCUT2D eigenvalue weighted by Gasteiger charge is -2.16. The maximum absolute atomic E-state index is 13.2. The summed E-state index contributed by atoms with van der Waals surface area (Å²) in [4.78, 5) is 25.2. The van der Waals surface area contributed by atoms with E-state index in [4.69, 9.17) is 35.3 Å². The van der Waals surface area contributed by atoms with E-state index < -0.39 is 28.4 Å². The van der Waals surface area contributed by atoms with Crippen LogP contribution >= 0.6 is 11.6 Å². The van der Waals surface area contributed by atoms with E-state index in [1.807, 2.05) is 0 Å². The van der Waals surface area contributed by atoms with Gasteiger partial charge in [-0.2, -0.15) is 0 Å². The van der Waals surface area contributed by atoms with E-state index in [-0.39, 0.29) is 38.2 Å². The predicted molar refractivity (Wildman–Crippen MR) is 141 cm³/mol. The molecule has 202 valence electrons. The molecule has 0 fully saturated rings. The Morgan fingerprint density at radius 1 is 0.842 bits per heavy atom. The molecule has 3 aromatic rings. The molecule has 0 bridgehead atoms. The first-order valence-electron chi connectivity index (χ1n) is 11.0. The van der Waals surface area contributed by atoms with E-state index in [2.05, 4.69) is 4.72 Å². The summed E-state index contributed by atoms with van der Waals surface area (Å²) in [6.45, 7) is 0.985. The Morgan fingerprint density at radius 2 is 1.53 bits per heavy atom. The molecular weight excluding hydrogens is 538 g/mol. The minimum absolute atomic E-state index is 0.0646. The lowest BCUT2D eigenvalue weighted by Crippen LogP contribution is -2.18. The van der Waals surface area contributed by atoms with E-state index >= 15 is 0 Å². The van der Waals surface area contributed by atoms with Gasteiger partial charge in [0.1, 0.15) is 23.0 Å². The summed E-state index contributed by atoms with van der Waals surface area (Å²) >= 11 is 6.15. The number of aryl methyl sites for hydroxylation is 1. The molecule has 1 N–H and O–H groups in total. The summed E-state index contributed by atoms with van der Waals surface area (Å²) in [6, 6.07) is 11.4. The standard InChI is InChI=1S/C26H26ClNO9S/c1-15-6-7-16(26(30)37-14-21(29)18-9-8-17(33-2)11-22(18)34-3)10-25(15)38(31,32)28-20-12-19(27)23(35-4)13-24(20)36-5/h6-13,28H,14H2,1-5H3. The predicted octanol–water partition coefficient (Wildman–Crippen LogP) is 4.52. The monoisotopic (exact) mass is 563 g/mol. The Balaban J connectivity index is 1.81. The van der Waals surface area contributed by atoms with Gasteiger partial charge in [-0.25, -0.2) is 13.2 Å². The second-order valence-electron chi connectivity index (χ2n) is 7.84. The molecule has 0 unspecified atom stereocenters. The summed E-state index contributed by atoms with van der Waals surface area (Å²) in [5.41, 5.74) is 0.575. The molecule has 0 saturated heterocycles. The van der Waals surface area contributed by atoms with E-state index in [0.29, 0.717) is 17.1 Å². The number of esters is 1. The Labute approximate surface area is 225 Å². The average Bonchev–Trinajstić information content (AvgIpc) is 2.91. The van der Waals surface area contributed by atoms with Gasteiger partial charge in [-0.3, -0.25) is 9.52 Å². The largest absolute Gasteiger partial charge is 0.497 e. The first kappa shape index (κ1) is 28.6. The smallest absolute Gasteiger partial charge is 0.338 e. The van der Waals surface area contributed by atoms with Gasteiger partial charge in [0.05, 0.1) is 55.2 Å². The van der Waals surface area contributed by atoms with Gasteiger partial charge >= 0.3 is 5.97 Å². The van der Waals surface area contributed by atoms with Crippen LogP contribution < -0.4 is 23.7 Å². The number of carbonyl (C=O) groups is 2. The molecule has 0 amide bonds. The molecule has 0 aliphatic carbocycles. The topological polar surface area (TPSA) is 126 Å². The van der Waals surface area contributed by atoms with Gasteiger partial charge in [0, 0.05) is 12.1 Å². The first-order chi connectivity index (χ1) is 18.0. The summed E-state index contributed by atoms with van der Waals surface area (Å²) in [6.07, 6.45) is 0. The maximum Gasteiger partial charge on any atom is 0.338 e. The number of anilines is 1. The third-order valence-corrected chi connectivity index (χ3v) is 7.28. The third kappa shape index (κ3) is 6.29. The van der Waals surface area contributed by atoms with Crippen molar-refractivity contribution in [3.05, 3.63) is 70.2 Å². The molecular formula is C26H26ClNO9S. The van der Waals surface area contributed by atoms with Crippen molar-refractivity contribution in [2.24, 2.45) is 0 Å². The lowest BCUT2D eigenvalue weighted by molar-refractivity contribution is 0.0473. The molecule has 0 aromatic heterocycles. The number of Topliss-reactive ketones (excluding diaryl/α,β-unsaturated/α-hetero) is 1. The van der Waals surface area contributed by atoms with Crippen LogP contribution in [-0.2, 0) is 14.8 Å². The zero-order valence-corrected chi connectivity index (χ0v) is 22.9. The number of methoxy groups -OCH3 is 4. The van der Waals surface area contributed by atoms with Crippen molar-refractivity contribution in [3.8, 4) is 23.0 Å². The zero-order chi connectivity index (χ0) is 28.0. The highest BCUT2D eigenvalue weighted by molar-refractivity contribution is 7.92. The van der Waals surface area contributed by atoms with Crippen LogP contribution in [0.2, 0.25) is 5.02 Å². The Bertz CT molecular complexity index is 1470. The number of hydrogen-bond donors (Lipinski definition) is 1. The third-order valence-electron chi connectivity index (χ3n) is 5.48. The van der Waals surface area contributed by atoms with E-state index in [9.17, 15) is 18.0 Å². The van der Waals surface area contributed by atoms with Crippen molar-refractivity contribution in [1.82, 2.24) is 0 Å². The number of carbonyl (C=O) groups excluding carboxylic acids is 2. The van der Waals surface area contributed by atoms with Crippen LogP contribution in [-0.4, -0.2) is 55.2 Å². The summed E-state index contributed by atoms with van der Waals surface area (Å²) in [5, 5.41) is 0.165. The van der Waals surface area contributed by atoms with Gasteiger partial charge in [0.15, 0.2) is 6.61 Å². The number of hydrogen-bond acceptors (Lipinski definition) is 9. The molecule has 3 rings (SSSR count). The van der Waals surface area contributed by atoms with Crippen LogP contribution in [0.1, 0.15) is 26.3 Å². The Kier molecular flexibility index (Phi) is 9.08. The van der Waals surface area contributed by atoms with Crippen LogP contribution in [0.3, 0.4) is 0 Å². The van der Waals surface area contributed by atoms with Crippen LogP contribution in [0, 0.1) is 6.92 Å². The molecule has 0 saturated carbocycles. The van der Waals surface area contributed by atoms with Gasteiger partial charge in [0.25, 0.3) is 10.0 Å². The zero-order valence-electron chi connectivity index (χ0n) is 21.3. The summed E-state index contributed by atoms with van der Waals surface area (Å²) in [7, 11) is 1.47. The average molecular weight is 564 g/mol. The molecule has 0 aliphatic heterocycles. The maximum atomic E-state index is 13.2. The molecule has 0 aliphatic rings. The number of benzene rings is 3. The Hall–Kier alpha value is -3.96. The fourth-order valence-electron chi connectivity index (χ4n) is 3.48. The number of rotatable bonds is 11. The van der Waals surface area contributed by atoms with Gasteiger partial charge in [-0.05, 0) is 42.8 Å². The summed E-state index contributed by atoms with van der Waals surface area (Å²) in [5.74, 6) is -0.166. The van der Waals surface area contributed by atoms with Gasteiger partial charge in [0.2, 0.25) is 5.78 Å². The van der Waals surface area contributed by atoms with Gasteiger partial charge in [-0.15, -0.1) is 0 Å². The number of ketones is 1. The number of halogens is 1. The number of nitrogens with one attached hydrogen (secondary N) is 1. The van der Waals surface area contributed by atoms with E-state index in [0.717, 1.165) is 6.07 Å². The molecule has 0 atom stereocenters. The van der Waals surface area contributed by atoms with E-state index in [1.165, 1.54) is 64.8 Å². The van der Waals surface area contributed by atoms with E-state index in [1.54, 1.807) is 13.0 Å². The van der Waals surface area contributed by atoms with Crippen molar-refractivity contribution >= 4 is 39.1 Å². The summed E-state index contributed by atoms with van der Waals surface area (Å²) < 4.78 is 54.8. The minimum Gasteiger partial charge on any atom is -0.497 e. The minimum atomic E-state index is -4.19. The van der Waals surface area contributed by atoms with Crippen LogP contribution in [0.4, 0.5) is 5.69 Å². The molecule has 12 heteroatoms. The highest BCUT2D eigenvalue weighted by Gasteiger charge is 2.23. The fourth-order valence-corrected chi connectivity index (χ4v) is 5.05. The molecule has 0 spiro atoms. The van der Waals surface area contributed by atoms with Crippen molar-refractivity contribution in [2.45, 2.75) is 11.8 Å². The Morgan fingerprint density at radius 3 is 2.16 bits per heavy atom. The van der Waals surface area contributed by atoms with Crippen molar-refractivity contribution in [3.63, 3.8) is 0 Å². The second kappa shape index (κ2) is 12.1. The fraction of sp³-hybridized carbons (Fsp3) is 0.231. The SMILES string of the molecule is COc1ccc(C(=O)COC(=O)c2ccc(C)c(S(=O)(=O)Nc3cc(Cl)c(OC)cc3OC)c2)c(OC)c1. The van der Waals surface area contributed by atoms with Gasteiger partial charge < -0.3 is 23.7 Å². The first-order valence-corrected chi connectivity index (χ1v) is 12.9. The number of ether oxygens (including phenoxy) is 5. The van der Waals surface area contributed by atoms with Crippen molar-refractivity contribution in [2.75, 3.05) is 39.8 Å². The molecule has 10 nitrogen and oxygen atoms in total.